The van der Waals surface area contributed by atoms with Gasteiger partial charge in [-0.2, -0.15) is 4.31 Å². The Morgan fingerprint density at radius 1 is 1.06 bits per heavy atom. The molecule has 1 aromatic heterocycles. The lowest BCUT2D eigenvalue weighted by Gasteiger charge is -2.19. The fourth-order valence-electron chi connectivity index (χ4n) is 3.08. The number of thioether (sulfide) groups is 1. The predicted octanol–water partition coefficient (Wildman–Crippen LogP) is 5.31. The van der Waals surface area contributed by atoms with E-state index in [1.807, 2.05) is 36.4 Å². The Labute approximate surface area is 198 Å². The molecule has 9 heteroatoms. The van der Waals surface area contributed by atoms with Gasteiger partial charge in [0.25, 0.3) is 5.91 Å². The summed E-state index contributed by atoms with van der Waals surface area (Å²) in [5.41, 5.74) is 1.87. The van der Waals surface area contributed by atoms with Crippen LogP contribution in [0.3, 0.4) is 0 Å². The molecule has 0 saturated heterocycles. The first kappa shape index (κ1) is 24.3. The van der Waals surface area contributed by atoms with Crippen LogP contribution in [0.1, 0.15) is 29.8 Å². The van der Waals surface area contributed by atoms with E-state index in [4.69, 9.17) is 11.6 Å². The monoisotopic (exact) mass is 489 g/mol. The van der Waals surface area contributed by atoms with Crippen molar-refractivity contribution in [2.75, 3.05) is 18.4 Å². The van der Waals surface area contributed by atoms with E-state index in [1.54, 1.807) is 37.9 Å². The van der Waals surface area contributed by atoms with E-state index in [0.717, 1.165) is 10.6 Å². The van der Waals surface area contributed by atoms with Crippen molar-refractivity contribution in [1.29, 1.82) is 0 Å². The number of nitrogens with one attached hydrogen (secondary N) is 1. The molecule has 6 nitrogen and oxygen atoms in total. The Hall–Kier alpha value is -2.39. The number of anilines is 1. The van der Waals surface area contributed by atoms with Crippen molar-refractivity contribution in [3.63, 3.8) is 0 Å². The quantitative estimate of drug-likeness (QED) is 0.412. The van der Waals surface area contributed by atoms with Gasteiger partial charge >= 0.3 is 0 Å². The first-order chi connectivity index (χ1) is 15.3. The maximum Gasteiger partial charge on any atom is 0.255 e. The summed E-state index contributed by atoms with van der Waals surface area (Å²) in [7, 11) is -3.79. The van der Waals surface area contributed by atoms with Gasteiger partial charge in [-0.05, 0) is 48.0 Å². The highest BCUT2D eigenvalue weighted by atomic mass is 35.5. The Morgan fingerprint density at radius 2 is 1.84 bits per heavy atom. The van der Waals surface area contributed by atoms with Gasteiger partial charge in [0, 0.05) is 36.3 Å². The van der Waals surface area contributed by atoms with Crippen molar-refractivity contribution < 1.29 is 13.2 Å². The number of nitrogens with zero attached hydrogens (tertiary/aromatic N) is 2. The Bertz CT molecular complexity index is 1180. The van der Waals surface area contributed by atoms with Gasteiger partial charge in [0.1, 0.15) is 4.90 Å². The van der Waals surface area contributed by atoms with Gasteiger partial charge in [0.05, 0.1) is 10.0 Å². The molecule has 0 radical (unpaired) electrons. The molecule has 1 heterocycles. The van der Waals surface area contributed by atoms with E-state index in [0.29, 0.717) is 24.5 Å². The summed E-state index contributed by atoms with van der Waals surface area (Å²) in [5, 5.41) is 3.84. The Kier molecular flexibility index (Phi) is 8.31. The third kappa shape index (κ3) is 5.89. The lowest BCUT2D eigenvalue weighted by Crippen LogP contribution is -2.31. The Morgan fingerprint density at radius 3 is 2.53 bits per heavy atom. The van der Waals surface area contributed by atoms with Crippen molar-refractivity contribution in [3.8, 4) is 0 Å². The SMILES string of the molecule is CCN(CC)S(=O)(=O)c1cc(C(=O)Nc2cccc(CSc3ccccn3)c2)ccc1Cl. The lowest BCUT2D eigenvalue weighted by atomic mass is 10.2. The van der Waals surface area contributed by atoms with Gasteiger partial charge in [-0.25, -0.2) is 13.4 Å². The van der Waals surface area contributed by atoms with Gasteiger partial charge in [-0.15, -0.1) is 11.8 Å². The molecule has 168 valence electrons. The largest absolute Gasteiger partial charge is 0.322 e. The molecule has 0 saturated carbocycles. The van der Waals surface area contributed by atoms with Crippen molar-refractivity contribution in [1.82, 2.24) is 9.29 Å². The van der Waals surface area contributed by atoms with E-state index in [2.05, 4.69) is 10.3 Å². The van der Waals surface area contributed by atoms with Crippen LogP contribution in [0.2, 0.25) is 5.02 Å². The average molecular weight is 490 g/mol. The topological polar surface area (TPSA) is 79.4 Å². The van der Waals surface area contributed by atoms with E-state index < -0.39 is 15.9 Å². The van der Waals surface area contributed by atoms with Crippen LogP contribution < -0.4 is 5.32 Å². The molecule has 0 aliphatic heterocycles. The van der Waals surface area contributed by atoms with E-state index in [1.165, 1.54) is 22.5 Å². The summed E-state index contributed by atoms with van der Waals surface area (Å²) in [6.45, 7) is 4.14. The minimum Gasteiger partial charge on any atom is -0.322 e. The van der Waals surface area contributed by atoms with Crippen molar-refractivity contribution in [2.45, 2.75) is 29.5 Å². The average Bonchev–Trinajstić information content (AvgIpc) is 2.79. The number of carbonyl (C=O) groups excluding carboxylic acids is 1. The minimum atomic E-state index is -3.79. The highest BCUT2D eigenvalue weighted by Gasteiger charge is 2.25. The number of benzene rings is 2. The number of hydrogen-bond donors (Lipinski definition) is 1. The van der Waals surface area contributed by atoms with Crippen molar-refractivity contribution in [2.24, 2.45) is 0 Å². The third-order valence-electron chi connectivity index (χ3n) is 4.73. The van der Waals surface area contributed by atoms with Crippen molar-refractivity contribution in [3.05, 3.63) is 83.0 Å². The number of sulfonamides is 1. The fourth-order valence-corrected chi connectivity index (χ4v) is 5.84. The van der Waals surface area contributed by atoms with E-state index in [-0.39, 0.29) is 15.5 Å². The zero-order valence-electron chi connectivity index (χ0n) is 17.8. The van der Waals surface area contributed by atoms with Crippen molar-refractivity contribution >= 4 is 45.0 Å². The molecule has 1 N–H and O–H groups in total. The van der Waals surface area contributed by atoms with Crippen LogP contribution in [0.25, 0.3) is 0 Å². The molecule has 3 rings (SSSR count). The predicted molar refractivity (Wildman–Crippen MR) is 130 cm³/mol. The molecular weight excluding hydrogens is 466 g/mol. The number of hydrogen-bond acceptors (Lipinski definition) is 5. The minimum absolute atomic E-state index is 0.0731. The second-order valence-electron chi connectivity index (χ2n) is 6.85. The summed E-state index contributed by atoms with van der Waals surface area (Å²) in [4.78, 5) is 17.0. The molecule has 1 amide bonds. The molecule has 0 unspecified atom stereocenters. The maximum atomic E-state index is 12.9. The molecular formula is C23H24ClN3O3S2. The molecule has 3 aromatic rings. The van der Waals surface area contributed by atoms with E-state index in [9.17, 15) is 13.2 Å². The molecule has 0 aliphatic rings. The van der Waals surface area contributed by atoms with Gasteiger partial charge in [-0.1, -0.05) is 43.6 Å². The third-order valence-corrected chi connectivity index (χ3v) is 8.27. The second-order valence-corrected chi connectivity index (χ2v) is 10.2. The maximum absolute atomic E-state index is 12.9. The standard InChI is InChI=1S/C23H24ClN3O3S2/c1-3-27(4-2)32(29,30)21-15-18(11-12-20(21)24)23(28)26-19-9-7-8-17(14-19)16-31-22-10-5-6-13-25-22/h5-15H,3-4,16H2,1-2H3,(H,26,28). The van der Waals surface area contributed by atoms with Crippen LogP contribution >= 0.6 is 23.4 Å². The van der Waals surface area contributed by atoms with Crippen LogP contribution in [0.4, 0.5) is 5.69 Å². The zero-order valence-corrected chi connectivity index (χ0v) is 20.2. The number of aromatic nitrogens is 1. The normalized spacial score (nSPS) is 11.5. The smallest absolute Gasteiger partial charge is 0.255 e. The molecule has 0 fully saturated rings. The van der Waals surface area contributed by atoms with Crippen LogP contribution in [-0.4, -0.2) is 36.7 Å². The molecule has 0 bridgehead atoms. The summed E-state index contributed by atoms with van der Waals surface area (Å²) in [6.07, 6.45) is 1.75. The number of amides is 1. The highest BCUT2D eigenvalue weighted by Crippen LogP contribution is 2.27. The summed E-state index contributed by atoms with van der Waals surface area (Å²) >= 11 is 7.77. The molecule has 32 heavy (non-hydrogen) atoms. The van der Waals surface area contributed by atoms with Crippen LogP contribution in [0.5, 0.6) is 0 Å². The molecule has 0 atom stereocenters. The fraction of sp³-hybridized carbons (Fsp3) is 0.217. The lowest BCUT2D eigenvalue weighted by molar-refractivity contribution is 0.102. The first-order valence-corrected chi connectivity index (χ1v) is 12.9. The first-order valence-electron chi connectivity index (χ1n) is 10.1. The zero-order chi connectivity index (χ0) is 23.1. The Balaban J connectivity index is 1.76. The second kappa shape index (κ2) is 11.0. The number of pyridine rings is 1. The molecule has 0 spiro atoms. The van der Waals surface area contributed by atoms with Crippen LogP contribution in [0, 0.1) is 0 Å². The summed E-state index contributed by atoms with van der Waals surface area (Å²) < 4.78 is 27.1. The van der Waals surface area contributed by atoms with Gasteiger partial charge < -0.3 is 5.32 Å². The van der Waals surface area contributed by atoms with Gasteiger partial charge in [0.2, 0.25) is 10.0 Å². The molecule has 0 aliphatic carbocycles. The highest BCUT2D eigenvalue weighted by molar-refractivity contribution is 7.98. The van der Waals surface area contributed by atoms with E-state index >= 15 is 0 Å². The van der Waals surface area contributed by atoms with Gasteiger partial charge in [-0.3, -0.25) is 4.79 Å². The summed E-state index contributed by atoms with van der Waals surface area (Å²) in [6, 6.07) is 17.5. The number of halogens is 1. The van der Waals surface area contributed by atoms with Crippen LogP contribution in [0.15, 0.2) is 76.8 Å². The van der Waals surface area contributed by atoms with Gasteiger partial charge in [0.15, 0.2) is 0 Å². The number of rotatable bonds is 9. The van der Waals surface area contributed by atoms with Crippen LogP contribution in [-0.2, 0) is 15.8 Å². The number of carbonyl (C=O) groups is 1. The molecule has 2 aromatic carbocycles. The summed E-state index contributed by atoms with van der Waals surface area (Å²) in [5.74, 6) is 0.292.